The molecule has 0 aromatic heterocycles. The Kier molecular flexibility index (Phi) is 11.7. The number of rotatable bonds is 10. The minimum absolute atomic E-state index is 0.439. The van der Waals surface area contributed by atoms with Crippen LogP contribution < -0.4 is 0 Å². The average molecular weight is 707 g/mol. The first-order valence-corrected chi connectivity index (χ1v) is 19.4. The van der Waals surface area contributed by atoms with Crippen LogP contribution in [0.15, 0.2) is 203 Å². The van der Waals surface area contributed by atoms with Crippen molar-refractivity contribution in [3.8, 4) is 11.1 Å². The summed E-state index contributed by atoms with van der Waals surface area (Å²) in [6.45, 7) is 21.5. The van der Waals surface area contributed by atoms with Gasteiger partial charge in [-0.2, -0.15) is 0 Å². The molecule has 2 aliphatic rings. The summed E-state index contributed by atoms with van der Waals surface area (Å²) in [6.07, 6.45) is 22.8. The van der Waals surface area contributed by atoms with Gasteiger partial charge in [-0.05, 0) is 138 Å². The zero-order valence-corrected chi connectivity index (χ0v) is 32.9. The molecule has 1 unspecified atom stereocenters. The van der Waals surface area contributed by atoms with Crippen molar-refractivity contribution in [3.05, 3.63) is 236 Å². The molecule has 0 saturated heterocycles. The van der Waals surface area contributed by atoms with Crippen LogP contribution in [0.2, 0.25) is 0 Å². The summed E-state index contributed by atoms with van der Waals surface area (Å²) < 4.78 is 0. The van der Waals surface area contributed by atoms with Crippen LogP contribution in [0.1, 0.15) is 74.9 Å². The van der Waals surface area contributed by atoms with E-state index < -0.39 is 5.41 Å². The van der Waals surface area contributed by atoms with E-state index in [1.54, 1.807) is 11.8 Å². The molecule has 6 rings (SSSR count). The summed E-state index contributed by atoms with van der Waals surface area (Å²) in [5.41, 5.74) is 17.0. The third kappa shape index (κ3) is 7.32. The summed E-state index contributed by atoms with van der Waals surface area (Å²) in [5, 5.41) is 0. The van der Waals surface area contributed by atoms with Gasteiger partial charge in [-0.25, -0.2) is 0 Å². The topological polar surface area (TPSA) is 0 Å². The van der Waals surface area contributed by atoms with Crippen molar-refractivity contribution in [1.29, 1.82) is 0 Å². The van der Waals surface area contributed by atoms with Crippen LogP contribution in [-0.4, -0.2) is 0 Å². The lowest BCUT2D eigenvalue weighted by Gasteiger charge is -2.36. The minimum Gasteiger partial charge on any atom is -0.0984 e. The SMILES string of the molecule is C=CC1=C(/C=C\C)C(C(/C=C\C)=C/C)(c2ccccc2)c2ccc(Cc3cccc(-c4cccc(C5=C/C(=C)SC(/C=C\C)=C(C)/C=C\5C)c4)c3)cc21. The van der Waals surface area contributed by atoms with Crippen LogP contribution in [0.5, 0.6) is 0 Å². The van der Waals surface area contributed by atoms with Gasteiger partial charge in [-0.1, -0.05) is 171 Å². The second-order valence-corrected chi connectivity index (χ2v) is 14.9. The minimum atomic E-state index is -0.439. The number of hydrogen-bond donors (Lipinski definition) is 0. The first-order valence-electron chi connectivity index (χ1n) is 18.6. The molecular weight excluding hydrogens is 657 g/mol. The van der Waals surface area contributed by atoms with E-state index >= 15 is 0 Å². The standard InChI is InChI=1S/C52H50S/c1-9-19-44(12-4)52(45-26-15-14-16-27-45)49(20-10-2)46(13-5)48-34-40(28-29-50(48)52)32-39-22-17-23-41(33-39)42-24-18-25-43(35-42)47-31-38(8)53-51(21-11-3)37(7)30-36(47)6/h9-31,33-35H,5,8,32H2,1-4,6-7H3/b19-9-,20-10-,21-11-,36-30-,44-12+,47-31+,51-37+. The molecule has 4 aromatic rings. The Morgan fingerprint density at radius 3 is 2.11 bits per heavy atom. The van der Waals surface area contributed by atoms with Gasteiger partial charge in [0.1, 0.15) is 0 Å². The Morgan fingerprint density at radius 2 is 1.42 bits per heavy atom. The van der Waals surface area contributed by atoms with Crippen molar-refractivity contribution in [2.45, 2.75) is 53.4 Å². The molecule has 0 N–H and O–H groups in total. The molecule has 0 bridgehead atoms. The number of allylic oxidation sites excluding steroid dienone is 16. The molecule has 0 amide bonds. The van der Waals surface area contributed by atoms with E-state index in [0.717, 1.165) is 11.3 Å². The van der Waals surface area contributed by atoms with Crippen molar-refractivity contribution >= 4 is 22.9 Å². The second kappa shape index (κ2) is 16.5. The zero-order chi connectivity index (χ0) is 37.5. The molecular formula is C52H50S. The monoisotopic (exact) mass is 706 g/mol. The highest BCUT2D eigenvalue weighted by Gasteiger charge is 2.46. The van der Waals surface area contributed by atoms with Gasteiger partial charge in [0.05, 0.1) is 5.41 Å². The van der Waals surface area contributed by atoms with Gasteiger partial charge < -0.3 is 0 Å². The van der Waals surface area contributed by atoms with Crippen LogP contribution in [0, 0.1) is 0 Å². The fraction of sp³-hybridized carbons (Fsp3) is 0.154. The van der Waals surface area contributed by atoms with Crippen molar-refractivity contribution in [3.63, 3.8) is 0 Å². The highest BCUT2D eigenvalue weighted by Crippen LogP contribution is 2.56. The zero-order valence-electron chi connectivity index (χ0n) is 32.0. The molecule has 4 aromatic carbocycles. The first kappa shape index (κ1) is 37.4. The molecule has 0 spiro atoms. The lowest BCUT2D eigenvalue weighted by atomic mass is 9.66. The van der Waals surface area contributed by atoms with E-state index in [4.69, 9.17) is 0 Å². The average Bonchev–Trinajstić information content (AvgIpc) is 3.44. The maximum atomic E-state index is 4.39. The molecule has 1 heteroatoms. The quantitative estimate of drug-likeness (QED) is 0.148. The summed E-state index contributed by atoms with van der Waals surface area (Å²) in [7, 11) is 0. The third-order valence-electron chi connectivity index (χ3n) is 10.3. The Morgan fingerprint density at radius 1 is 0.717 bits per heavy atom. The maximum absolute atomic E-state index is 4.39. The molecule has 1 atom stereocenters. The third-order valence-corrected chi connectivity index (χ3v) is 11.3. The smallest absolute Gasteiger partial charge is 0.0710 e. The Bertz CT molecular complexity index is 2310. The van der Waals surface area contributed by atoms with Gasteiger partial charge in [0.15, 0.2) is 0 Å². The summed E-state index contributed by atoms with van der Waals surface area (Å²) in [5.74, 6) is 0. The predicted molar refractivity (Wildman–Crippen MR) is 235 cm³/mol. The molecule has 0 radical (unpaired) electrons. The highest BCUT2D eigenvalue weighted by atomic mass is 32.2. The van der Waals surface area contributed by atoms with E-state index in [0.29, 0.717) is 0 Å². The number of hydrogen-bond acceptors (Lipinski definition) is 1. The summed E-state index contributed by atoms with van der Waals surface area (Å²) in [4.78, 5) is 2.28. The first-order chi connectivity index (χ1) is 25.8. The molecule has 1 heterocycles. The molecule has 0 nitrogen and oxygen atoms in total. The molecule has 264 valence electrons. The summed E-state index contributed by atoms with van der Waals surface area (Å²) >= 11 is 1.73. The van der Waals surface area contributed by atoms with Crippen molar-refractivity contribution in [2.24, 2.45) is 0 Å². The second-order valence-electron chi connectivity index (χ2n) is 13.7. The van der Waals surface area contributed by atoms with Gasteiger partial charge >= 0.3 is 0 Å². The van der Waals surface area contributed by atoms with Crippen LogP contribution in [-0.2, 0) is 11.8 Å². The van der Waals surface area contributed by atoms with E-state index in [9.17, 15) is 0 Å². The van der Waals surface area contributed by atoms with Crippen molar-refractivity contribution in [2.75, 3.05) is 0 Å². The Balaban J connectivity index is 1.38. The normalized spacial score (nSPS) is 21.5. The van der Waals surface area contributed by atoms with E-state index in [2.05, 4.69) is 206 Å². The molecule has 0 saturated carbocycles. The molecule has 1 aliphatic carbocycles. The van der Waals surface area contributed by atoms with Gasteiger partial charge in [0.25, 0.3) is 0 Å². The number of benzene rings is 4. The van der Waals surface area contributed by atoms with E-state index in [-0.39, 0.29) is 0 Å². The van der Waals surface area contributed by atoms with Crippen molar-refractivity contribution in [1.82, 2.24) is 0 Å². The van der Waals surface area contributed by atoms with Gasteiger partial charge in [0.2, 0.25) is 0 Å². The maximum Gasteiger partial charge on any atom is 0.0710 e. The Labute approximate surface area is 322 Å². The fourth-order valence-electron chi connectivity index (χ4n) is 8.03. The lowest BCUT2D eigenvalue weighted by Crippen LogP contribution is -2.30. The van der Waals surface area contributed by atoms with Crippen LogP contribution in [0.3, 0.4) is 0 Å². The molecule has 1 aliphatic heterocycles. The lowest BCUT2D eigenvalue weighted by molar-refractivity contribution is 0.757. The van der Waals surface area contributed by atoms with E-state index in [1.807, 2.05) is 6.08 Å². The van der Waals surface area contributed by atoms with E-state index in [1.165, 1.54) is 82.9 Å². The predicted octanol–water partition coefficient (Wildman–Crippen LogP) is 14.7. The number of fused-ring (bicyclic) bond motifs is 1. The molecule has 53 heavy (non-hydrogen) atoms. The Hall–Kier alpha value is -5.37. The van der Waals surface area contributed by atoms with Gasteiger partial charge in [-0.3, -0.25) is 0 Å². The van der Waals surface area contributed by atoms with Crippen LogP contribution in [0.25, 0.3) is 22.3 Å². The number of thioether (sulfide) groups is 1. The molecule has 0 fully saturated rings. The van der Waals surface area contributed by atoms with Crippen LogP contribution in [0.4, 0.5) is 0 Å². The van der Waals surface area contributed by atoms with Crippen LogP contribution >= 0.6 is 11.8 Å². The highest BCUT2D eigenvalue weighted by molar-refractivity contribution is 8.07. The van der Waals surface area contributed by atoms with Crippen molar-refractivity contribution < 1.29 is 0 Å². The summed E-state index contributed by atoms with van der Waals surface area (Å²) in [6, 6.07) is 35.9. The van der Waals surface area contributed by atoms with Gasteiger partial charge in [-0.15, -0.1) is 0 Å². The fourth-order valence-corrected chi connectivity index (χ4v) is 8.91. The largest absolute Gasteiger partial charge is 0.0984 e. The van der Waals surface area contributed by atoms with Gasteiger partial charge in [0, 0.05) is 9.81 Å².